The van der Waals surface area contributed by atoms with Crippen molar-refractivity contribution in [1.29, 1.82) is 0 Å². The summed E-state index contributed by atoms with van der Waals surface area (Å²) in [5, 5.41) is 0. The van der Waals surface area contributed by atoms with E-state index < -0.39 is 0 Å². The quantitative estimate of drug-likeness (QED) is 0.854. The lowest BCUT2D eigenvalue weighted by Gasteiger charge is -2.44. The molecular formula is C20H23FN2O2. The zero-order chi connectivity index (χ0) is 17.3. The highest BCUT2D eigenvalue weighted by molar-refractivity contribution is 5.92. The molecule has 4 rings (SSSR count). The maximum atomic E-state index is 13.0. The summed E-state index contributed by atoms with van der Waals surface area (Å²) in [6.07, 6.45) is 5.66. The summed E-state index contributed by atoms with van der Waals surface area (Å²) in [4.78, 5) is 17.2. The molecule has 0 saturated carbocycles. The van der Waals surface area contributed by atoms with Crippen LogP contribution in [0.15, 0.2) is 47.1 Å². The van der Waals surface area contributed by atoms with E-state index in [4.69, 9.17) is 4.42 Å². The zero-order valence-electron chi connectivity index (χ0n) is 14.3. The molecule has 0 N–H and O–H groups in total. The first-order valence-electron chi connectivity index (χ1n) is 8.99. The van der Waals surface area contributed by atoms with Crippen molar-refractivity contribution in [3.8, 4) is 0 Å². The Morgan fingerprint density at radius 1 is 1.08 bits per heavy atom. The van der Waals surface area contributed by atoms with Crippen LogP contribution in [0.4, 0.5) is 4.39 Å². The molecule has 2 aliphatic rings. The molecule has 1 spiro atoms. The second kappa shape index (κ2) is 6.64. The van der Waals surface area contributed by atoms with Crippen LogP contribution in [0.25, 0.3) is 0 Å². The Morgan fingerprint density at radius 3 is 2.52 bits per heavy atom. The molecule has 132 valence electrons. The number of hydrogen-bond donors (Lipinski definition) is 0. The average Bonchev–Trinajstić information content (AvgIpc) is 3.29. The predicted molar refractivity (Wildman–Crippen MR) is 92.6 cm³/mol. The number of benzene rings is 1. The van der Waals surface area contributed by atoms with Crippen molar-refractivity contribution in [2.75, 3.05) is 19.6 Å². The Kier molecular flexibility index (Phi) is 4.34. The van der Waals surface area contributed by atoms with E-state index in [1.165, 1.54) is 12.1 Å². The maximum Gasteiger partial charge on any atom is 0.290 e. The molecule has 0 atom stereocenters. The molecule has 0 aliphatic carbocycles. The van der Waals surface area contributed by atoms with Crippen LogP contribution >= 0.6 is 0 Å². The third-order valence-corrected chi connectivity index (χ3v) is 5.68. The van der Waals surface area contributed by atoms with Gasteiger partial charge >= 0.3 is 0 Å². The van der Waals surface area contributed by atoms with Crippen molar-refractivity contribution in [2.24, 2.45) is 0 Å². The van der Waals surface area contributed by atoms with Gasteiger partial charge in [-0.2, -0.15) is 0 Å². The number of piperidine rings is 1. The number of furan rings is 1. The Hall–Kier alpha value is -2.14. The summed E-state index contributed by atoms with van der Waals surface area (Å²) in [7, 11) is 0. The van der Waals surface area contributed by atoms with Crippen LogP contribution in [0.1, 0.15) is 41.8 Å². The second-order valence-electron chi connectivity index (χ2n) is 7.16. The molecule has 2 fully saturated rings. The summed E-state index contributed by atoms with van der Waals surface area (Å²) in [5.41, 5.74) is 1.11. The number of halogens is 1. The molecule has 2 aliphatic heterocycles. The van der Waals surface area contributed by atoms with Gasteiger partial charge in [0.15, 0.2) is 5.76 Å². The second-order valence-corrected chi connectivity index (χ2v) is 7.16. The lowest BCUT2D eigenvalue weighted by molar-refractivity contribution is 0.0332. The van der Waals surface area contributed by atoms with Gasteiger partial charge in [0, 0.05) is 31.7 Å². The van der Waals surface area contributed by atoms with Gasteiger partial charge in [-0.25, -0.2) is 4.39 Å². The standard InChI is InChI=1S/C20H23FN2O2/c21-17-6-4-16(5-7-17)15-22-12-9-20(10-13-22)8-2-11-23(20)19(24)18-3-1-14-25-18/h1,3-7,14H,2,8-13,15H2. The lowest BCUT2D eigenvalue weighted by Crippen LogP contribution is -2.53. The van der Waals surface area contributed by atoms with E-state index in [2.05, 4.69) is 4.90 Å². The van der Waals surface area contributed by atoms with Gasteiger partial charge in [0.05, 0.1) is 6.26 Å². The van der Waals surface area contributed by atoms with Crippen molar-refractivity contribution in [3.63, 3.8) is 0 Å². The lowest BCUT2D eigenvalue weighted by atomic mass is 9.84. The largest absolute Gasteiger partial charge is 0.459 e. The van der Waals surface area contributed by atoms with Crippen LogP contribution in [0, 0.1) is 5.82 Å². The Balaban J connectivity index is 1.41. The van der Waals surface area contributed by atoms with E-state index in [0.717, 1.165) is 57.4 Å². The number of rotatable bonds is 3. The topological polar surface area (TPSA) is 36.7 Å². The smallest absolute Gasteiger partial charge is 0.290 e. The van der Waals surface area contributed by atoms with E-state index in [1.54, 1.807) is 18.4 Å². The molecule has 5 heteroatoms. The summed E-state index contributed by atoms with van der Waals surface area (Å²) in [5.74, 6) is 0.267. The van der Waals surface area contributed by atoms with E-state index in [-0.39, 0.29) is 17.3 Å². The van der Waals surface area contributed by atoms with E-state index in [0.29, 0.717) is 5.76 Å². The third-order valence-electron chi connectivity index (χ3n) is 5.68. The third kappa shape index (κ3) is 3.21. The molecular weight excluding hydrogens is 319 g/mol. The normalized spacial score (nSPS) is 20.3. The highest BCUT2D eigenvalue weighted by Crippen LogP contribution is 2.39. The van der Waals surface area contributed by atoms with Gasteiger partial charge in [0.2, 0.25) is 0 Å². The van der Waals surface area contributed by atoms with E-state index in [9.17, 15) is 9.18 Å². The number of nitrogens with zero attached hydrogens (tertiary/aromatic N) is 2. The molecule has 4 nitrogen and oxygen atoms in total. The van der Waals surface area contributed by atoms with Crippen molar-refractivity contribution >= 4 is 5.91 Å². The van der Waals surface area contributed by atoms with Gasteiger partial charge in [-0.05, 0) is 55.5 Å². The molecule has 1 aromatic heterocycles. The first-order valence-corrected chi connectivity index (χ1v) is 8.99. The van der Waals surface area contributed by atoms with Gasteiger partial charge < -0.3 is 9.32 Å². The minimum Gasteiger partial charge on any atom is -0.459 e. The van der Waals surface area contributed by atoms with Crippen molar-refractivity contribution in [1.82, 2.24) is 9.80 Å². The fourth-order valence-corrected chi connectivity index (χ4v) is 4.28. The number of carbonyl (C=O) groups excluding carboxylic acids is 1. The fraction of sp³-hybridized carbons (Fsp3) is 0.450. The Morgan fingerprint density at radius 2 is 1.84 bits per heavy atom. The van der Waals surface area contributed by atoms with Crippen LogP contribution in [0.3, 0.4) is 0 Å². The van der Waals surface area contributed by atoms with Crippen LogP contribution in [-0.2, 0) is 6.54 Å². The minimum absolute atomic E-state index is 0.0227. The fourth-order valence-electron chi connectivity index (χ4n) is 4.28. The molecule has 25 heavy (non-hydrogen) atoms. The van der Waals surface area contributed by atoms with Crippen LogP contribution in [0.5, 0.6) is 0 Å². The summed E-state index contributed by atoms with van der Waals surface area (Å²) in [6.45, 7) is 3.57. The molecule has 2 saturated heterocycles. The van der Waals surface area contributed by atoms with Gasteiger partial charge in [0.25, 0.3) is 5.91 Å². The Labute approximate surface area is 147 Å². The minimum atomic E-state index is -0.195. The molecule has 3 heterocycles. The zero-order valence-corrected chi connectivity index (χ0v) is 14.3. The predicted octanol–water partition coefficient (Wildman–Crippen LogP) is 3.69. The first kappa shape index (κ1) is 16.3. The molecule has 2 aromatic rings. The van der Waals surface area contributed by atoms with Crippen molar-refractivity contribution in [3.05, 3.63) is 59.8 Å². The van der Waals surface area contributed by atoms with Gasteiger partial charge in [0.1, 0.15) is 5.82 Å². The molecule has 0 radical (unpaired) electrons. The molecule has 0 unspecified atom stereocenters. The molecule has 0 bridgehead atoms. The number of likely N-dealkylation sites (tertiary alicyclic amines) is 2. The van der Waals surface area contributed by atoms with Crippen molar-refractivity contribution in [2.45, 2.75) is 37.8 Å². The first-order chi connectivity index (χ1) is 12.2. The summed E-state index contributed by atoms with van der Waals surface area (Å²) < 4.78 is 18.4. The number of hydrogen-bond acceptors (Lipinski definition) is 3. The maximum absolute atomic E-state index is 13.0. The van der Waals surface area contributed by atoms with Crippen molar-refractivity contribution < 1.29 is 13.6 Å². The summed E-state index contributed by atoms with van der Waals surface area (Å²) >= 11 is 0. The van der Waals surface area contributed by atoms with Crippen LogP contribution in [-0.4, -0.2) is 40.9 Å². The number of amides is 1. The van der Waals surface area contributed by atoms with E-state index in [1.807, 2.05) is 17.0 Å². The SMILES string of the molecule is O=C(c1ccco1)N1CCCC12CCN(Cc1ccc(F)cc1)CC2. The molecule has 1 amide bonds. The van der Waals surface area contributed by atoms with E-state index >= 15 is 0 Å². The summed E-state index contributed by atoms with van der Waals surface area (Å²) in [6, 6.07) is 10.2. The monoisotopic (exact) mass is 342 g/mol. The molecule has 1 aromatic carbocycles. The average molecular weight is 342 g/mol. The highest BCUT2D eigenvalue weighted by atomic mass is 19.1. The van der Waals surface area contributed by atoms with Gasteiger partial charge in [-0.3, -0.25) is 9.69 Å². The van der Waals surface area contributed by atoms with Crippen LogP contribution in [0.2, 0.25) is 0 Å². The highest BCUT2D eigenvalue weighted by Gasteiger charge is 2.45. The Bertz CT molecular complexity index is 719. The van der Waals surface area contributed by atoms with Gasteiger partial charge in [-0.1, -0.05) is 12.1 Å². The number of carbonyl (C=O) groups is 1. The van der Waals surface area contributed by atoms with Gasteiger partial charge in [-0.15, -0.1) is 0 Å². The van der Waals surface area contributed by atoms with Crippen LogP contribution < -0.4 is 0 Å².